The van der Waals surface area contributed by atoms with E-state index in [-0.39, 0.29) is 6.71 Å². The second-order valence-corrected chi connectivity index (χ2v) is 13.0. The van der Waals surface area contributed by atoms with Gasteiger partial charge in [-0.3, -0.25) is 0 Å². The Morgan fingerprint density at radius 1 is 0.404 bits per heavy atom. The Morgan fingerprint density at radius 2 is 1.04 bits per heavy atom. The summed E-state index contributed by atoms with van der Waals surface area (Å²) in [6.07, 6.45) is 0. The third-order valence-corrected chi connectivity index (χ3v) is 10.8. The van der Waals surface area contributed by atoms with Crippen LogP contribution in [0.15, 0.2) is 146 Å². The number of aromatic nitrogens is 2. The van der Waals surface area contributed by atoms with Crippen LogP contribution in [0.4, 0.5) is 28.4 Å². The molecule has 0 bridgehead atoms. The Kier molecular flexibility index (Phi) is 4.27. The number of rotatable bonds is 2. The lowest BCUT2D eigenvalue weighted by atomic mass is 9.32. The summed E-state index contributed by atoms with van der Waals surface area (Å²) in [5.41, 5.74) is 17.7. The van der Waals surface area contributed by atoms with Crippen LogP contribution in [0.25, 0.3) is 55.0 Å². The van der Waals surface area contributed by atoms with E-state index in [1.165, 1.54) is 99.8 Å². The highest BCUT2D eigenvalue weighted by Gasteiger charge is 2.46. The molecule has 7 aromatic carbocycles. The van der Waals surface area contributed by atoms with Gasteiger partial charge in [-0.05, 0) is 89.2 Å². The van der Waals surface area contributed by atoms with Gasteiger partial charge in [0.2, 0.25) is 0 Å². The van der Waals surface area contributed by atoms with Crippen molar-refractivity contribution < 1.29 is 0 Å². The fraction of sp³-hybridized carbons (Fsp3) is 0. The van der Waals surface area contributed by atoms with Crippen LogP contribution < -0.4 is 26.6 Å². The first kappa shape index (κ1) is 24.1. The number of hydrogen-bond acceptors (Lipinski definition) is 2. The van der Waals surface area contributed by atoms with Gasteiger partial charge >= 0.3 is 0 Å². The van der Waals surface area contributed by atoms with Crippen LogP contribution in [-0.4, -0.2) is 15.8 Å². The molecule has 0 unspecified atom stereocenters. The van der Waals surface area contributed by atoms with Crippen LogP contribution in [0.1, 0.15) is 0 Å². The summed E-state index contributed by atoms with van der Waals surface area (Å²) >= 11 is 0. The number of anilines is 5. The summed E-state index contributed by atoms with van der Waals surface area (Å²) < 4.78 is 4.99. The third kappa shape index (κ3) is 2.79. The molecule has 0 aliphatic carbocycles. The standard InChI is InChI=1S/C42H25BN4/c1-3-11-25(12-4-1)45-31-17-8-7-15-27(31)37-32(45)23-24-33-38(37)28-21-22-30-40-42(28)47(33)36-20-10-19-35-41(36)43(40)39-29(44-30)16-9-18-34(39)46(35)26-13-5-2-6-14-26/h1-24,44H. The summed E-state index contributed by atoms with van der Waals surface area (Å²) in [7, 11) is 0. The van der Waals surface area contributed by atoms with Crippen LogP contribution in [0.3, 0.4) is 0 Å². The Labute approximate surface area is 270 Å². The molecule has 0 saturated carbocycles. The van der Waals surface area contributed by atoms with E-state index in [2.05, 4.69) is 165 Å². The zero-order valence-electron chi connectivity index (χ0n) is 25.3. The number of hydrogen-bond donors (Lipinski definition) is 1. The molecule has 0 fully saturated rings. The highest BCUT2D eigenvalue weighted by atomic mass is 15.2. The predicted molar refractivity (Wildman–Crippen MR) is 198 cm³/mol. The fourth-order valence-electron chi connectivity index (χ4n) is 9.14. The molecule has 9 aromatic rings. The van der Waals surface area contributed by atoms with Crippen molar-refractivity contribution in [1.82, 2.24) is 9.13 Å². The molecule has 3 aliphatic rings. The lowest BCUT2D eigenvalue weighted by Gasteiger charge is -2.43. The third-order valence-electron chi connectivity index (χ3n) is 10.8. The van der Waals surface area contributed by atoms with Crippen LogP contribution in [0.5, 0.6) is 0 Å². The SMILES string of the molecule is c1ccc(N2c3cccc4c3B3c5c2cccc5-n2c5ccc6c(c7ccccc7n6-c6ccccc6)c5c5ccc(c3c52)N4)cc1. The minimum absolute atomic E-state index is 0.144. The van der Waals surface area contributed by atoms with Gasteiger partial charge in [-0.15, -0.1) is 0 Å². The zero-order chi connectivity index (χ0) is 30.4. The number of nitrogens with one attached hydrogen (secondary N) is 1. The smallest absolute Gasteiger partial charge is 0.257 e. The molecule has 5 heterocycles. The normalized spacial score (nSPS) is 13.6. The van der Waals surface area contributed by atoms with E-state index in [1.807, 2.05) is 0 Å². The monoisotopic (exact) mass is 596 g/mol. The van der Waals surface area contributed by atoms with Crippen molar-refractivity contribution in [3.05, 3.63) is 146 Å². The van der Waals surface area contributed by atoms with Gasteiger partial charge in [-0.1, -0.05) is 72.8 Å². The van der Waals surface area contributed by atoms with Crippen molar-refractivity contribution in [2.75, 3.05) is 10.2 Å². The van der Waals surface area contributed by atoms with Crippen molar-refractivity contribution in [3.8, 4) is 11.4 Å². The molecule has 0 amide bonds. The second-order valence-electron chi connectivity index (χ2n) is 13.0. The second kappa shape index (κ2) is 8.33. The van der Waals surface area contributed by atoms with Crippen molar-refractivity contribution in [3.63, 3.8) is 0 Å². The number of benzene rings is 7. The summed E-state index contributed by atoms with van der Waals surface area (Å²) in [6, 6.07) is 53.5. The van der Waals surface area contributed by atoms with Gasteiger partial charge in [0.25, 0.3) is 6.71 Å². The van der Waals surface area contributed by atoms with Gasteiger partial charge in [0, 0.05) is 61.4 Å². The zero-order valence-corrected chi connectivity index (χ0v) is 25.3. The van der Waals surface area contributed by atoms with Crippen molar-refractivity contribution in [2.45, 2.75) is 0 Å². The summed E-state index contributed by atoms with van der Waals surface area (Å²) in [4.78, 5) is 2.46. The Bertz CT molecular complexity index is 2830. The maximum Gasteiger partial charge on any atom is 0.257 e. The molecule has 0 radical (unpaired) electrons. The molecule has 3 aliphatic heterocycles. The average molecular weight is 597 g/mol. The molecule has 1 N–H and O–H groups in total. The van der Waals surface area contributed by atoms with Gasteiger partial charge in [0.1, 0.15) is 0 Å². The fourth-order valence-corrected chi connectivity index (χ4v) is 9.14. The maximum absolute atomic E-state index is 3.89. The molecule has 4 nitrogen and oxygen atoms in total. The molecular formula is C42H25BN4. The molecule has 0 atom stereocenters. The lowest BCUT2D eigenvalue weighted by Crippen LogP contribution is -2.63. The number of para-hydroxylation sites is 3. The summed E-state index contributed by atoms with van der Waals surface area (Å²) in [5, 5.41) is 9.11. The Balaban J connectivity index is 1.28. The molecule has 5 heteroatoms. The summed E-state index contributed by atoms with van der Waals surface area (Å²) in [6.45, 7) is 0.144. The van der Waals surface area contributed by atoms with Crippen molar-refractivity contribution in [2.24, 2.45) is 0 Å². The predicted octanol–water partition coefficient (Wildman–Crippen LogP) is 8.55. The van der Waals surface area contributed by atoms with Crippen LogP contribution in [0.2, 0.25) is 0 Å². The first-order valence-corrected chi connectivity index (χ1v) is 16.3. The van der Waals surface area contributed by atoms with Gasteiger partial charge in [0.05, 0.1) is 22.1 Å². The van der Waals surface area contributed by atoms with E-state index in [0.717, 1.165) is 0 Å². The van der Waals surface area contributed by atoms with E-state index >= 15 is 0 Å². The van der Waals surface area contributed by atoms with Gasteiger partial charge in [-0.25, -0.2) is 0 Å². The van der Waals surface area contributed by atoms with Crippen LogP contribution in [0, 0.1) is 0 Å². The molecular weight excluding hydrogens is 571 g/mol. The van der Waals surface area contributed by atoms with Crippen molar-refractivity contribution >= 4 is 95.1 Å². The lowest BCUT2D eigenvalue weighted by molar-refractivity contribution is 1.17. The van der Waals surface area contributed by atoms with E-state index in [0.29, 0.717) is 0 Å². The molecule has 47 heavy (non-hydrogen) atoms. The average Bonchev–Trinajstić information content (AvgIpc) is 3.65. The quantitative estimate of drug-likeness (QED) is 0.202. The van der Waals surface area contributed by atoms with Crippen LogP contribution in [-0.2, 0) is 0 Å². The highest BCUT2D eigenvalue weighted by Crippen LogP contribution is 2.47. The van der Waals surface area contributed by atoms with Gasteiger partial charge < -0.3 is 19.4 Å². The molecule has 0 spiro atoms. The Morgan fingerprint density at radius 3 is 1.87 bits per heavy atom. The summed E-state index contributed by atoms with van der Waals surface area (Å²) in [5.74, 6) is 0. The van der Waals surface area contributed by atoms with E-state index in [9.17, 15) is 0 Å². The maximum atomic E-state index is 3.89. The van der Waals surface area contributed by atoms with Gasteiger partial charge in [-0.2, -0.15) is 0 Å². The van der Waals surface area contributed by atoms with Crippen LogP contribution >= 0.6 is 0 Å². The van der Waals surface area contributed by atoms with E-state index in [1.54, 1.807) is 0 Å². The Hall–Kier alpha value is -6.20. The largest absolute Gasteiger partial charge is 0.356 e. The van der Waals surface area contributed by atoms with E-state index in [4.69, 9.17) is 0 Å². The first-order chi connectivity index (χ1) is 23.4. The molecule has 216 valence electrons. The number of fused-ring (bicyclic) bond motifs is 8. The topological polar surface area (TPSA) is 25.1 Å². The first-order valence-electron chi connectivity index (χ1n) is 16.3. The minimum Gasteiger partial charge on any atom is -0.356 e. The number of nitrogens with zero attached hydrogens (tertiary/aromatic N) is 3. The molecule has 12 rings (SSSR count). The minimum atomic E-state index is 0.144. The van der Waals surface area contributed by atoms with Crippen molar-refractivity contribution in [1.29, 1.82) is 0 Å². The molecule has 2 aromatic heterocycles. The van der Waals surface area contributed by atoms with Gasteiger partial charge in [0.15, 0.2) is 0 Å². The highest BCUT2D eigenvalue weighted by molar-refractivity contribution is 7.02. The molecule has 0 saturated heterocycles. The van der Waals surface area contributed by atoms with E-state index < -0.39 is 0 Å².